The van der Waals surface area contributed by atoms with Gasteiger partial charge in [-0.3, -0.25) is 19.3 Å². The maximum Gasteiger partial charge on any atom is 0.263 e. The number of hydrogen-bond donors (Lipinski definition) is 0. The molecule has 158 valence electrons. The molecule has 1 aliphatic rings. The van der Waals surface area contributed by atoms with Crippen molar-refractivity contribution in [2.75, 3.05) is 0 Å². The van der Waals surface area contributed by atoms with Gasteiger partial charge in [0.05, 0.1) is 23.1 Å². The van der Waals surface area contributed by atoms with E-state index in [4.69, 9.17) is 4.74 Å². The van der Waals surface area contributed by atoms with Gasteiger partial charge in [-0.25, -0.2) is 8.78 Å². The number of nitriles is 1. The first-order valence-electron chi connectivity index (χ1n) is 9.52. The van der Waals surface area contributed by atoms with E-state index >= 15 is 0 Å². The number of benzene rings is 1. The summed E-state index contributed by atoms with van der Waals surface area (Å²) in [5, 5.41) is 9.50. The highest BCUT2D eigenvalue weighted by Gasteiger charge is 2.27. The number of ether oxygens (including phenoxy) is 1. The molecular formula is C24H16F2N4O2. The van der Waals surface area contributed by atoms with Gasteiger partial charge in [0.25, 0.3) is 5.56 Å². The van der Waals surface area contributed by atoms with Crippen molar-refractivity contribution in [3.05, 3.63) is 99.4 Å². The fourth-order valence-electron chi connectivity index (χ4n) is 3.62. The Kier molecular flexibility index (Phi) is 5.48. The standard InChI is InChI=1S/C24H16F2N4O2/c1-14(25)9-22-23(28-2)18-10-17(16-6-3-7-20(26)19(16)11-27)24(31)30(21(18)13-32-22)15-5-4-8-29-12-15/h3-10,12H,2,13H2,1H3/b14-9+. The number of halogens is 2. The molecule has 0 aliphatic carbocycles. The molecule has 1 aliphatic heterocycles. The van der Waals surface area contributed by atoms with Crippen LogP contribution in [0.4, 0.5) is 8.78 Å². The van der Waals surface area contributed by atoms with E-state index < -0.39 is 17.2 Å². The van der Waals surface area contributed by atoms with Crippen molar-refractivity contribution in [3.8, 4) is 22.9 Å². The highest BCUT2D eigenvalue weighted by Crippen LogP contribution is 2.35. The summed E-state index contributed by atoms with van der Waals surface area (Å²) in [6, 6.07) is 10.7. The predicted molar refractivity (Wildman–Crippen MR) is 116 cm³/mol. The fraction of sp³-hybridized carbons (Fsp3) is 0.0833. The van der Waals surface area contributed by atoms with Crippen LogP contribution in [0.1, 0.15) is 23.7 Å². The number of rotatable bonds is 4. The lowest BCUT2D eigenvalue weighted by Crippen LogP contribution is -2.27. The van der Waals surface area contributed by atoms with Gasteiger partial charge in [0.2, 0.25) is 0 Å². The van der Waals surface area contributed by atoms with E-state index in [1.54, 1.807) is 18.3 Å². The van der Waals surface area contributed by atoms with Crippen LogP contribution in [-0.2, 0) is 11.3 Å². The van der Waals surface area contributed by atoms with E-state index in [1.165, 1.54) is 42.0 Å². The first-order chi connectivity index (χ1) is 15.5. The van der Waals surface area contributed by atoms with Gasteiger partial charge < -0.3 is 4.74 Å². The SMILES string of the molecule is C=NC1=C(/C=C(\C)F)OCc2c1cc(-c1cccc(F)c1C#N)c(=O)n2-c1cccnc1. The molecule has 8 heteroatoms. The molecule has 0 atom stereocenters. The lowest BCUT2D eigenvalue weighted by Gasteiger charge is -2.25. The topological polar surface area (TPSA) is 80.3 Å². The van der Waals surface area contributed by atoms with E-state index in [0.717, 1.165) is 6.07 Å². The third-order valence-corrected chi connectivity index (χ3v) is 4.96. The third kappa shape index (κ3) is 3.50. The second-order valence-corrected chi connectivity index (χ2v) is 6.94. The van der Waals surface area contributed by atoms with Crippen LogP contribution in [-0.4, -0.2) is 16.3 Å². The van der Waals surface area contributed by atoms with Gasteiger partial charge >= 0.3 is 0 Å². The van der Waals surface area contributed by atoms with Gasteiger partial charge in [-0.2, -0.15) is 5.26 Å². The van der Waals surface area contributed by atoms with E-state index in [2.05, 4.69) is 16.7 Å². The molecule has 0 amide bonds. The van der Waals surface area contributed by atoms with Crippen molar-refractivity contribution in [2.45, 2.75) is 13.5 Å². The van der Waals surface area contributed by atoms with Crippen molar-refractivity contribution < 1.29 is 13.5 Å². The molecule has 0 unspecified atom stereocenters. The van der Waals surface area contributed by atoms with E-state index in [1.807, 2.05) is 6.07 Å². The summed E-state index contributed by atoms with van der Waals surface area (Å²) in [5.74, 6) is -1.09. The van der Waals surface area contributed by atoms with Crippen LogP contribution in [0.25, 0.3) is 22.5 Å². The molecule has 3 aromatic rings. The zero-order valence-corrected chi connectivity index (χ0v) is 17.0. The van der Waals surface area contributed by atoms with Crippen molar-refractivity contribution in [3.63, 3.8) is 0 Å². The molecule has 0 N–H and O–H groups in total. The van der Waals surface area contributed by atoms with Crippen LogP contribution < -0.4 is 5.56 Å². The average Bonchev–Trinajstić information content (AvgIpc) is 2.78. The number of nitrogens with zero attached hydrogens (tertiary/aromatic N) is 4. The molecule has 6 nitrogen and oxygen atoms in total. The van der Waals surface area contributed by atoms with Crippen LogP contribution >= 0.6 is 0 Å². The molecule has 0 fully saturated rings. The summed E-state index contributed by atoms with van der Waals surface area (Å²) < 4.78 is 35.0. The minimum absolute atomic E-state index is 0.0495. The zero-order chi connectivity index (χ0) is 22.8. The number of aliphatic imine (C=N–C) groups is 1. The van der Waals surface area contributed by atoms with Gasteiger partial charge in [-0.1, -0.05) is 12.1 Å². The summed E-state index contributed by atoms with van der Waals surface area (Å²) in [4.78, 5) is 21.7. The highest BCUT2D eigenvalue weighted by molar-refractivity contribution is 5.80. The second kappa shape index (κ2) is 8.40. The predicted octanol–water partition coefficient (Wildman–Crippen LogP) is 4.68. The molecule has 0 spiro atoms. The van der Waals surface area contributed by atoms with Gasteiger partial charge in [-0.15, -0.1) is 0 Å². The number of fused-ring (bicyclic) bond motifs is 1. The molecule has 0 saturated heterocycles. The summed E-state index contributed by atoms with van der Waals surface area (Å²) in [6.07, 6.45) is 4.23. The molecule has 0 radical (unpaired) electrons. The Morgan fingerprint density at radius 1 is 1.31 bits per heavy atom. The van der Waals surface area contributed by atoms with Crippen LogP contribution in [0.2, 0.25) is 0 Å². The Morgan fingerprint density at radius 2 is 2.12 bits per heavy atom. The number of aromatic nitrogens is 2. The molecule has 1 aromatic carbocycles. The maximum absolute atomic E-state index is 14.3. The van der Waals surface area contributed by atoms with Crippen LogP contribution in [0.5, 0.6) is 0 Å². The molecule has 0 saturated carbocycles. The fourth-order valence-corrected chi connectivity index (χ4v) is 3.62. The molecule has 4 rings (SSSR count). The lowest BCUT2D eigenvalue weighted by atomic mass is 9.96. The Morgan fingerprint density at radius 3 is 2.78 bits per heavy atom. The minimum atomic E-state index is -0.743. The summed E-state index contributed by atoms with van der Waals surface area (Å²) in [6.45, 7) is 4.78. The summed E-state index contributed by atoms with van der Waals surface area (Å²) >= 11 is 0. The van der Waals surface area contributed by atoms with Crippen molar-refractivity contribution in [2.24, 2.45) is 4.99 Å². The first-order valence-corrected chi connectivity index (χ1v) is 9.52. The Hall–Kier alpha value is -4.38. The molecule has 3 heterocycles. The number of pyridine rings is 2. The molecule has 32 heavy (non-hydrogen) atoms. The second-order valence-electron chi connectivity index (χ2n) is 6.94. The Balaban J connectivity index is 2.14. The van der Waals surface area contributed by atoms with Crippen LogP contribution in [0.3, 0.4) is 0 Å². The van der Waals surface area contributed by atoms with Gasteiger partial charge in [0.1, 0.15) is 35.8 Å². The first kappa shape index (κ1) is 20.9. The van der Waals surface area contributed by atoms with E-state index in [0.29, 0.717) is 16.9 Å². The summed E-state index contributed by atoms with van der Waals surface area (Å²) in [7, 11) is 0. The smallest absolute Gasteiger partial charge is 0.263 e. The molecule has 2 aromatic heterocycles. The lowest BCUT2D eigenvalue weighted by molar-refractivity contribution is 0.199. The van der Waals surface area contributed by atoms with E-state index in [9.17, 15) is 18.8 Å². The molecule has 0 bridgehead atoms. The largest absolute Gasteiger partial charge is 0.485 e. The van der Waals surface area contributed by atoms with Crippen molar-refractivity contribution >= 4 is 12.4 Å². The van der Waals surface area contributed by atoms with Gasteiger partial charge in [0.15, 0.2) is 0 Å². The summed E-state index contributed by atoms with van der Waals surface area (Å²) in [5.41, 5.74) is 1.01. The number of hydrogen-bond acceptors (Lipinski definition) is 5. The third-order valence-electron chi connectivity index (χ3n) is 4.96. The normalized spacial score (nSPS) is 13.2. The van der Waals surface area contributed by atoms with E-state index in [-0.39, 0.29) is 34.8 Å². The van der Waals surface area contributed by atoms with Gasteiger partial charge in [0, 0.05) is 29.0 Å². The Bertz CT molecular complexity index is 1400. The molecular weight excluding hydrogens is 414 g/mol. The van der Waals surface area contributed by atoms with Crippen LogP contribution in [0, 0.1) is 17.1 Å². The van der Waals surface area contributed by atoms with Crippen LogP contribution in [0.15, 0.2) is 76.2 Å². The Labute approximate surface area is 182 Å². The van der Waals surface area contributed by atoms with Gasteiger partial charge in [-0.05, 0) is 37.9 Å². The maximum atomic E-state index is 14.3. The minimum Gasteiger partial charge on any atom is -0.485 e. The van der Waals surface area contributed by atoms with Crippen molar-refractivity contribution in [1.29, 1.82) is 5.26 Å². The zero-order valence-electron chi connectivity index (χ0n) is 17.0. The highest BCUT2D eigenvalue weighted by atomic mass is 19.1. The van der Waals surface area contributed by atoms with Crippen molar-refractivity contribution in [1.82, 2.24) is 9.55 Å². The quantitative estimate of drug-likeness (QED) is 0.563. The number of allylic oxidation sites excluding steroid dienone is 2. The monoisotopic (exact) mass is 430 g/mol. The average molecular weight is 430 g/mol.